The van der Waals surface area contributed by atoms with E-state index in [2.05, 4.69) is 36.4 Å². The largest absolute Gasteiger partial charge is 0.481 e. The Morgan fingerprint density at radius 1 is 0.783 bits per heavy atom. The van der Waals surface area contributed by atoms with Crippen LogP contribution in [0.3, 0.4) is 0 Å². The molecule has 2 atom stereocenters. The molecule has 7 rings (SSSR count). The molecule has 230 valence electrons. The first kappa shape index (κ1) is 29.4. The molecule has 7 heteroatoms. The Bertz CT molecular complexity index is 1800. The number of aromatic nitrogens is 2. The van der Waals surface area contributed by atoms with E-state index in [4.69, 9.17) is 4.98 Å². The molecule has 0 saturated heterocycles. The van der Waals surface area contributed by atoms with Crippen molar-refractivity contribution in [3.8, 4) is 0 Å². The van der Waals surface area contributed by atoms with E-state index in [0.717, 1.165) is 16.7 Å². The summed E-state index contributed by atoms with van der Waals surface area (Å²) in [5.41, 5.74) is 1.93. The maximum absolute atomic E-state index is 13.1. The number of fused-ring (bicyclic) bond motifs is 1. The number of nitrogens with zero attached hydrogens (tertiary/aromatic N) is 3. The van der Waals surface area contributed by atoms with Crippen molar-refractivity contribution in [3.05, 3.63) is 161 Å². The zero-order valence-corrected chi connectivity index (χ0v) is 25.8. The summed E-state index contributed by atoms with van der Waals surface area (Å²) in [4.78, 5) is 45.4. The van der Waals surface area contributed by atoms with E-state index in [1.54, 1.807) is 30.6 Å². The molecule has 0 spiro atoms. The van der Waals surface area contributed by atoms with Crippen molar-refractivity contribution < 1.29 is 19.5 Å². The molecule has 1 aromatic heterocycles. The van der Waals surface area contributed by atoms with Gasteiger partial charge in [-0.2, -0.15) is 0 Å². The van der Waals surface area contributed by atoms with Crippen LogP contribution < -0.4 is 0 Å². The predicted octanol–water partition coefficient (Wildman–Crippen LogP) is 6.78. The number of hydrogen-bond acceptors (Lipinski definition) is 4. The lowest BCUT2D eigenvalue weighted by Crippen LogP contribution is -2.39. The Kier molecular flexibility index (Phi) is 7.00. The molecule has 2 heterocycles. The van der Waals surface area contributed by atoms with Gasteiger partial charge in [0.2, 0.25) is 0 Å². The number of imide groups is 1. The Morgan fingerprint density at radius 3 is 1.70 bits per heavy atom. The smallest absolute Gasteiger partial charge is 0.316 e. The summed E-state index contributed by atoms with van der Waals surface area (Å²) in [5, 5.41) is 10.7. The molecule has 0 unspecified atom stereocenters. The topological polar surface area (TPSA) is 92.5 Å². The molecule has 1 aliphatic heterocycles. The lowest BCUT2D eigenvalue weighted by atomic mass is 9.76. The fourth-order valence-corrected chi connectivity index (χ4v) is 7.53. The van der Waals surface area contributed by atoms with Crippen molar-refractivity contribution in [2.45, 2.75) is 37.6 Å². The first-order valence-electron chi connectivity index (χ1n) is 15.6. The Balaban J connectivity index is 1.24. The highest BCUT2D eigenvalue weighted by Crippen LogP contribution is 2.59. The van der Waals surface area contributed by atoms with Crippen LogP contribution in [0.2, 0.25) is 0 Å². The van der Waals surface area contributed by atoms with Gasteiger partial charge in [-0.05, 0) is 53.0 Å². The fourth-order valence-electron chi connectivity index (χ4n) is 7.53. The van der Waals surface area contributed by atoms with Crippen LogP contribution in [0.25, 0.3) is 0 Å². The molecule has 4 aromatic carbocycles. The van der Waals surface area contributed by atoms with Gasteiger partial charge in [0.25, 0.3) is 11.8 Å². The summed E-state index contributed by atoms with van der Waals surface area (Å²) in [6.45, 7) is 4.19. The van der Waals surface area contributed by atoms with Crippen LogP contribution >= 0.6 is 0 Å². The standard InChI is InChI=1S/C39H35N3O4/c1-37(2,25-42-34(43)31-20-12-13-21-32(31)35(42)44)22-30-23-38(30,36(45)46)33-24-41(26-40-33)39(27-14-6-3-7-15-27,28-16-8-4-9-17-28)29-18-10-5-11-19-29/h3-21,24,26,30H,22-23,25H2,1-2H3,(H,45,46)/t30-,38+/m0/s1. The third kappa shape index (κ3) is 4.57. The number of hydrogen-bond donors (Lipinski definition) is 1. The van der Waals surface area contributed by atoms with E-state index in [1.165, 1.54) is 4.90 Å². The van der Waals surface area contributed by atoms with Gasteiger partial charge < -0.3 is 9.67 Å². The van der Waals surface area contributed by atoms with E-state index >= 15 is 0 Å². The molecule has 2 amide bonds. The van der Waals surface area contributed by atoms with Crippen molar-refractivity contribution in [3.63, 3.8) is 0 Å². The third-order valence-electron chi connectivity index (χ3n) is 9.75. The van der Waals surface area contributed by atoms with Crippen LogP contribution in [-0.2, 0) is 15.7 Å². The van der Waals surface area contributed by atoms with Gasteiger partial charge in [0.05, 0.1) is 23.1 Å². The normalized spacial score (nSPS) is 19.3. The van der Waals surface area contributed by atoms with Crippen molar-refractivity contribution in [1.29, 1.82) is 0 Å². The Morgan fingerprint density at radius 2 is 1.24 bits per heavy atom. The van der Waals surface area contributed by atoms with Crippen LogP contribution in [0.15, 0.2) is 128 Å². The summed E-state index contributed by atoms with van der Waals surface area (Å²) in [6.07, 6.45) is 4.60. The summed E-state index contributed by atoms with van der Waals surface area (Å²) >= 11 is 0. The molecule has 1 N–H and O–H groups in total. The zero-order chi connectivity index (χ0) is 32.1. The molecule has 0 radical (unpaired) electrons. The van der Waals surface area contributed by atoms with Crippen molar-refractivity contribution >= 4 is 17.8 Å². The molecule has 1 saturated carbocycles. The number of aliphatic carboxylic acids is 1. The van der Waals surface area contributed by atoms with E-state index in [9.17, 15) is 19.5 Å². The average Bonchev–Trinajstić information content (AvgIpc) is 3.47. The molecule has 5 aromatic rings. The first-order valence-corrected chi connectivity index (χ1v) is 15.6. The lowest BCUT2D eigenvalue weighted by molar-refractivity contribution is -0.140. The quantitative estimate of drug-likeness (QED) is 0.139. The number of carboxylic acid groups (broad SMARTS) is 1. The highest BCUT2D eigenvalue weighted by Gasteiger charge is 2.64. The van der Waals surface area contributed by atoms with Gasteiger partial charge in [-0.3, -0.25) is 19.3 Å². The number of rotatable bonds is 10. The Labute approximate surface area is 268 Å². The third-order valence-corrected chi connectivity index (χ3v) is 9.75. The minimum Gasteiger partial charge on any atom is -0.481 e. The fraction of sp³-hybridized carbons (Fsp3) is 0.231. The number of imidazole rings is 1. The summed E-state index contributed by atoms with van der Waals surface area (Å²) in [5.74, 6) is -1.72. The van der Waals surface area contributed by atoms with Crippen molar-refractivity contribution in [2.75, 3.05) is 6.54 Å². The van der Waals surface area contributed by atoms with Crippen LogP contribution in [0.1, 0.15) is 69.8 Å². The first-order chi connectivity index (χ1) is 22.2. The van der Waals surface area contributed by atoms with Gasteiger partial charge in [0, 0.05) is 12.7 Å². The van der Waals surface area contributed by atoms with Crippen LogP contribution in [0.4, 0.5) is 0 Å². The van der Waals surface area contributed by atoms with Gasteiger partial charge in [0.1, 0.15) is 11.0 Å². The average molecular weight is 610 g/mol. The predicted molar refractivity (Wildman–Crippen MR) is 174 cm³/mol. The molecular formula is C39H35N3O4. The Hall–Kier alpha value is -5.30. The molecule has 46 heavy (non-hydrogen) atoms. The molecule has 2 aliphatic rings. The van der Waals surface area contributed by atoms with Gasteiger partial charge in [0.15, 0.2) is 0 Å². The highest BCUT2D eigenvalue weighted by molar-refractivity contribution is 6.21. The maximum Gasteiger partial charge on any atom is 0.316 e. The van der Waals surface area contributed by atoms with E-state index in [1.807, 2.05) is 79.2 Å². The van der Waals surface area contributed by atoms with Gasteiger partial charge in [-0.15, -0.1) is 0 Å². The minimum atomic E-state index is -1.17. The molecule has 7 nitrogen and oxygen atoms in total. The minimum absolute atomic E-state index is 0.207. The van der Waals surface area contributed by atoms with Gasteiger partial charge >= 0.3 is 5.97 Å². The maximum atomic E-state index is 13.1. The van der Waals surface area contributed by atoms with Crippen LogP contribution in [0.5, 0.6) is 0 Å². The monoisotopic (exact) mass is 609 g/mol. The van der Waals surface area contributed by atoms with Gasteiger partial charge in [-0.25, -0.2) is 4.98 Å². The number of carboxylic acids is 1. The number of carbonyl (C=O) groups excluding carboxylic acids is 2. The SMILES string of the molecule is CC(C)(C[C@H]1C[C@]1(C(=O)O)c1cn(C(c2ccccc2)(c2ccccc2)c2ccccc2)cn1)CN1C(=O)c2ccccc2C1=O. The summed E-state index contributed by atoms with van der Waals surface area (Å²) in [7, 11) is 0. The van der Waals surface area contributed by atoms with Crippen LogP contribution in [-0.4, -0.2) is 43.9 Å². The van der Waals surface area contributed by atoms with E-state index < -0.39 is 22.3 Å². The van der Waals surface area contributed by atoms with Gasteiger partial charge in [-0.1, -0.05) is 117 Å². The van der Waals surface area contributed by atoms with Crippen molar-refractivity contribution in [2.24, 2.45) is 11.3 Å². The zero-order valence-electron chi connectivity index (χ0n) is 25.8. The highest BCUT2D eigenvalue weighted by atomic mass is 16.4. The van der Waals surface area contributed by atoms with E-state index in [-0.39, 0.29) is 24.3 Å². The second kappa shape index (κ2) is 10.9. The molecule has 0 bridgehead atoms. The lowest BCUT2D eigenvalue weighted by Gasteiger charge is -2.37. The molecule has 1 fully saturated rings. The second-order valence-electron chi connectivity index (χ2n) is 13.3. The second-order valence-corrected chi connectivity index (χ2v) is 13.3. The number of carbonyl (C=O) groups is 3. The van der Waals surface area contributed by atoms with Crippen molar-refractivity contribution in [1.82, 2.24) is 14.5 Å². The molecular weight excluding hydrogens is 574 g/mol. The van der Waals surface area contributed by atoms with E-state index in [0.29, 0.717) is 29.7 Å². The van der Waals surface area contributed by atoms with Crippen LogP contribution in [0, 0.1) is 11.3 Å². The summed E-state index contributed by atoms with van der Waals surface area (Å²) in [6, 6.07) is 37.5. The number of benzene rings is 4. The summed E-state index contributed by atoms with van der Waals surface area (Å²) < 4.78 is 2.05. The number of amides is 2. The molecule has 1 aliphatic carbocycles.